The van der Waals surface area contributed by atoms with Crippen molar-refractivity contribution < 1.29 is 9.69 Å². The molecule has 2 aromatic heterocycles. The van der Waals surface area contributed by atoms with Crippen molar-refractivity contribution in [3.8, 4) is 11.3 Å². The molecule has 2 heterocycles. The summed E-state index contributed by atoms with van der Waals surface area (Å²) in [5.41, 5.74) is 2.86. The number of aromatic nitrogens is 2. The largest absolute Gasteiger partial charge is 0.350 e. The molecule has 0 radical (unpaired) electrons. The normalized spacial score (nSPS) is 11.3. The fourth-order valence-electron chi connectivity index (χ4n) is 2.40. The van der Waals surface area contributed by atoms with Crippen LogP contribution in [0.3, 0.4) is 0 Å². The van der Waals surface area contributed by atoms with Crippen LogP contribution in [0.2, 0.25) is 5.02 Å². The van der Waals surface area contributed by atoms with E-state index in [0.29, 0.717) is 18.0 Å². The lowest BCUT2D eigenvalue weighted by Gasteiger charge is -2.08. The summed E-state index contributed by atoms with van der Waals surface area (Å²) in [6.07, 6.45) is 2.33. The van der Waals surface area contributed by atoms with Gasteiger partial charge in [-0.2, -0.15) is 0 Å². The first kappa shape index (κ1) is 17.0. The van der Waals surface area contributed by atoms with Gasteiger partial charge in [-0.15, -0.1) is 11.3 Å². The van der Waals surface area contributed by atoms with Crippen molar-refractivity contribution in [2.45, 2.75) is 6.42 Å². The summed E-state index contributed by atoms with van der Waals surface area (Å²) < 4.78 is 1.99. The molecule has 0 aliphatic rings. The number of nitrogens with zero attached hydrogens (tertiary/aromatic N) is 2. The van der Waals surface area contributed by atoms with Crippen molar-refractivity contribution >= 4 is 33.8 Å². The summed E-state index contributed by atoms with van der Waals surface area (Å²) in [6, 6.07) is 7.60. The summed E-state index contributed by atoms with van der Waals surface area (Å²) in [5, 5.41) is 5.65. The van der Waals surface area contributed by atoms with Crippen molar-refractivity contribution in [3.05, 3.63) is 46.6 Å². The summed E-state index contributed by atoms with van der Waals surface area (Å²) in [6.45, 7) is 1.60. The molecular weight excluding hydrogens is 344 g/mol. The van der Waals surface area contributed by atoms with Gasteiger partial charge < -0.3 is 10.2 Å². The molecule has 1 aromatic carbocycles. The summed E-state index contributed by atoms with van der Waals surface area (Å²) in [4.78, 5) is 18.9. The molecule has 7 heteroatoms. The highest BCUT2D eigenvalue weighted by atomic mass is 35.5. The first-order valence-corrected chi connectivity index (χ1v) is 9.06. The van der Waals surface area contributed by atoms with Gasteiger partial charge in [-0.05, 0) is 12.1 Å². The highest BCUT2D eigenvalue weighted by Gasteiger charge is 2.12. The van der Waals surface area contributed by atoms with Crippen LogP contribution in [-0.4, -0.2) is 42.5 Å². The molecule has 0 saturated carbocycles. The molecule has 0 fully saturated rings. The van der Waals surface area contributed by atoms with Crippen LogP contribution in [0.25, 0.3) is 16.2 Å². The number of quaternary nitrogens is 1. The lowest BCUT2D eigenvalue weighted by molar-refractivity contribution is -0.856. The zero-order chi connectivity index (χ0) is 17.1. The van der Waals surface area contributed by atoms with Gasteiger partial charge in [0.15, 0.2) is 4.96 Å². The number of carbonyl (C=O) groups excluding carboxylic acids is 1. The zero-order valence-electron chi connectivity index (χ0n) is 13.7. The topological polar surface area (TPSA) is 50.8 Å². The molecule has 0 spiro atoms. The van der Waals surface area contributed by atoms with E-state index in [1.807, 2.05) is 40.2 Å². The van der Waals surface area contributed by atoms with Gasteiger partial charge in [-0.1, -0.05) is 23.7 Å². The number of thiazole rings is 1. The van der Waals surface area contributed by atoms with Gasteiger partial charge in [0, 0.05) is 27.9 Å². The number of hydrogen-bond acceptors (Lipinski definition) is 3. The molecule has 0 saturated heterocycles. The Bertz CT molecular complexity index is 838. The van der Waals surface area contributed by atoms with E-state index in [2.05, 4.69) is 24.4 Å². The second-order valence-corrected chi connectivity index (χ2v) is 7.27. The first-order chi connectivity index (χ1) is 11.5. The van der Waals surface area contributed by atoms with Gasteiger partial charge in [-0.3, -0.25) is 9.20 Å². The van der Waals surface area contributed by atoms with E-state index in [0.717, 1.165) is 28.5 Å². The maximum absolute atomic E-state index is 12.1. The average molecular weight is 364 g/mol. The standard InChI is InChI=1S/C17H19ClN4OS/c1-21(2)8-7-19-16(23)9-14-11-24-17-20-15(10-22(14)17)12-3-5-13(18)6-4-12/h3-6,10-11H,7-9H2,1-2H3,(H,19,23)/p+1. The van der Waals surface area contributed by atoms with E-state index in [9.17, 15) is 4.79 Å². The molecular formula is C17H20ClN4OS+. The monoisotopic (exact) mass is 363 g/mol. The highest BCUT2D eigenvalue weighted by Crippen LogP contribution is 2.25. The molecule has 1 amide bonds. The molecule has 0 aliphatic heterocycles. The van der Waals surface area contributed by atoms with Crippen LogP contribution in [0, 0.1) is 0 Å². The van der Waals surface area contributed by atoms with E-state index in [-0.39, 0.29) is 5.91 Å². The first-order valence-electron chi connectivity index (χ1n) is 7.80. The number of halogens is 1. The molecule has 0 bridgehead atoms. The molecule has 2 N–H and O–H groups in total. The minimum Gasteiger partial charge on any atom is -0.350 e. The Kier molecular flexibility index (Phi) is 5.18. The van der Waals surface area contributed by atoms with E-state index in [1.165, 1.54) is 4.90 Å². The van der Waals surface area contributed by atoms with E-state index >= 15 is 0 Å². The average Bonchev–Trinajstić information content (AvgIpc) is 3.10. The Hall–Kier alpha value is -1.89. The lowest BCUT2D eigenvalue weighted by Crippen LogP contribution is -3.06. The van der Waals surface area contributed by atoms with Gasteiger partial charge >= 0.3 is 0 Å². The second kappa shape index (κ2) is 7.34. The van der Waals surface area contributed by atoms with Crippen molar-refractivity contribution in [2.75, 3.05) is 27.2 Å². The third-order valence-electron chi connectivity index (χ3n) is 3.71. The Morgan fingerprint density at radius 3 is 2.79 bits per heavy atom. The Morgan fingerprint density at radius 1 is 1.33 bits per heavy atom. The Labute approximate surface area is 149 Å². The van der Waals surface area contributed by atoms with Crippen molar-refractivity contribution in [1.29, 1.82) is 0 Å². The molecule has 5 nitrogen and oxygen atoms in total. The van der Waals surface area contributed by atoms with Gasteiger partial charge in [0.05, 0.1) is 39.3 Å². The fourth-order valence-corrected chi connectivity index (χ4v) is 3.39. The fraction of sp³-hybridized carbons (Fsp3) is 0.294. The van der Waals surface area contributed by atoms with Crippen molar-refractivity contribution in [1.82, 2.24) is 14.7 Å². The smallest absolute Gasteiger partial charge is 0.226 e. The van der Waals surface area contributed by atoms with Crippen molar-refractivity contribution in [3.63, 3.8) is 0 Å². The van der Waals surface area contributed by atoms with Crippen LogP contribution in [0.5, 0.6) is 0 Å². The maximum atomic E-state index is 12.1. The number of benzene rings is 1. The predicted molar refractivity (Wildman–Crippen MR) is 97.9 cm³/mol. The summed E-state index contributed by atoms with van der Waals surface area (Å²) >= 11 is 7.48. The number of imidazole rings is 1. The number of amides is 1. The van der Waals surface area contributed by atoms with E-state index < -0.39 is 0 Å². The summed E-state index contributed by atoms with van der Waals surface area (Å²) in [7, 11) is 4.14. The quantitative estimate of drug-likeness (QED) is 0.697. The highest BCUT2D eigenvalue weighted by molar-refractivity contribution is 7.15. The third kappa shape index (κ3) is 3.95. The number of hydrogen-bond donors (Lipinski definition) is 2. The Balaban J connectivity index is 1.73. The van der Waals surface area contributed by atoms with E-state index in [1.54, 1.807) is 11.3 Å². The number of nitrogens with one attached hydrogen (secondary N) is 2. The molecule has 3 aromatic rings. The molecule has 24 heavy (non-hydrogen) atoms. The molecule has 0 atom stereocenters. The molecule has 126 valence electrons. The second-order valence-electron chi connectivity index (χ2n) is 6.00. The van der Waals surface area contributed by atoms with Crippen LogP contribution >= 0.6 is 22.9 Å². The number of carbonyl (C=O) groups is 1. The number of rotatable bonds is 6. The third-order valence-corrected chi connectivity index (χ3v) is 4.85. The lowest BCUT2D eigenvalue weighted by atomic mass is 10.2. The Morgan fingerprint density at radius 2 is 2.08 bits per heavy atom. The van der Waals surface area contributed by atoms with Gasteiger partial charge in [0.1, 0.15) is 0 Å². The molecule has 0 aliphatic carbocycles. The van der Waals surface area contributed by atoms with Gasteiger partial charge in [0.2, 0.25) is 5.91 Å². The SMILES string of the molecule is C[NH+](C)CCNC(=O)Cc1csc2nc(-c3ccc(Cl)cc3)cn12. The maximum Gasteiger partial charge on any atom is 0.226 e. The van der Waals surface area contributed by atoms with Crippen LogP contribution in [0.1, 0.15) is 5.69 Å². The van der Waals surface area contributed by atoms with Gasteiger partial charge in [-0.25, -0.2) is 4.98 Å². The summed E-state index contributed by atoms with van der Waals surface area (Å²) in [5.74, 6) is 0.0395. The predicted octanol–water partition coefficient (Wildman–Crippen LogP) is 1.52. The van der Waals surface area contributed by atoms with Crippen LogP contribution in [0.15, 0.2) is 35.8 Å². The number of fused-ring (bicyclic) bond motifs is 1. The minimum atomic E-state index is 0.0395. The van der Waals surface area contributed by atoms with Crippen LogP contribution < -0.4 is 10.2 Å². The van der Waals surface area contributed by atoms with Crippen molar-refractivity contribution in [2.24, 2.45) is 0 Å². The molecule has 3 rings (SSSR count). The van der Waals surface area contributed by atoms with Crippen LogP contribution in [-0.2, 0) is 11.2 Å². The van der Waals surface area contributed by atoms with Crippen LogP contribution in [0.4, 0.5) is 0 Å². The minimum absolute atomic E-state index is 0.0395. The van der Waals surface area contributed by atoms with Gasteiger partial charge in [0.25, 0.3) is 0 Å². The number of likely N-dealkylation sites (N-methyl/N-ethyl adjacent to an activating group) is 1. The zero-order valence-corrected chi connectivity index (χ0v) is 15.2. The van der Waals surface area contributed by atoms with E-state index in [4.69, 9.17) is 11.6 Å². The molecule has 0 unspecified atom stereocenters.